The summed E-state index contributed by atoms with van der Waals surface area (Å²) in [7, 11) is 0. The molecule has 3 heterocycles. The van der Waals surface area contributed by atoms with Crippen LogP contribution in [0.4, 0.5) is 5.69 Å². The minimum absolute atomic E-state index is 0.163. The smallest absolute Gasteiger partial charge is 0.254 e. The van der Waals surface area contributed by atoms with Gasteiger partial charge in [-0.15, -0.1) is 0 Å². The van der Waals surface area contributed by atoms with Crippen LogP contribution in [0.3, 0.4) is 0 Å². The summed E-state index contributed by atoms with van der Waals surface area (Å²) in [5.41, 5.74) is 1.96. The predicted molar refractivity (Wildman–Crippen MR) is 135 cm³/mol. The highest BCUT2D eigenvalue weighted by molar-refractivity contribution is 5.94. The Labute approximate surface area is 204 Å². The van der Waals surface area contributed by atoms with E-state index < -0.39 is 0 Å². The maximum atomic E-state index is 12.9. The fraction of sp³-hybridized carbons (Fsp3) is 0.704. The van der Waals surface area contributed by atoms with Gasteiger partial charge in [0, 0.05) is 82.2 Å². The van der Waals surface area contributed by atoms with Crippen LogP contribution in [0, 0.1) is 0 Å². The number of carbonyl (C=O) groups is 2. The van der Waals surface area contributed by atoms with Crippen LogP contribution in [0.15, 0.2) is 24.3 Å². The molecule has 1 unspecified atom stereocenters. The standard InChI is InChI=1S/C27H41N5O2/c1-22-5-2-3-12-32(22)27(34)23-8-10-25(11-9-23)29-15-13-28(14-16-29)21-26(33)31-19-17-30(18-20-31)24-6-4-7-24/h8-11,22,24H,2-7,12-21H2,1H3. The van der Waals surface area contributed by atoms with Crippen molar-refractivity contribution >= 4 is 17.5 Å². The van der Waals surface area contributed by atoms with Crippen LogP contribution in [-0.2, 0) is 4.79 Å². The van der Waals surface area contributed by atoms with E-state index in [2.05, 4.69) is 38.7 Å². The van der Waals surface area contributed by atoms with Gasteiger partial charge in [0.05, 0.1) is 6.54 Å². The average molecular weight is 468 g/mol. The fourth-order valence-corrected chi connectivity index (χ4v) is 5.92. The molecule has 2 amide bonds. The van der Waals surface area contributed by atoms with Gasteiger partial charge in [0.15, 0.2) is 0 Å². The lowest BCUT2D eigenvalue weighted by Gasteiger charge is -2.43. The zero-order valence-corrected chi connectivity index (χ0v) is 20.8. The quantitative estimate of drug-likeness (QED) is 0.666. The van der Waals surface area contributed by atoms with Crippen LogP contribution in [0.1, 0.15) is 55.8 Å². The second-order valence-corrected chi connectivity index (χ2v) is 10.7. The number of rotatable bonds is 5. The van der Waals surface area contributed by atoms with E-state index in [1.54, 1.807) is 0 Å². The molecule has 0 aromatic heterocycles. The van der Waals surface area contributed by atoms with Crippen molar-refractivity contribution in [3.63, 3.8) is 0 Å². The van der Waals surface area contributed by atoms with E-state index in [1.165, 1.54) is 31.4 Å². The summed E-state index contributed by atoms with van der Waals surface area (Å²) >= 11 is 0. The van der Waals surface area contributed by atoms with Crippen LogP contribution < -0.4 is 4.90 Å². The van der Waals surface area contributed by atoms with Crippen molar-refractivity contribution in [3.8, 4) is 0 Å². The minimum atomic E-state index is 0.163. The average Bonchev–Trinajstić information content (AvgIpc) is 2.84. The molecule has 0 N–H and O–H groups in total. The summed E-state index contributed by atoms with van der Waals surface area (Å²) in [6, 6.07) is 9.26. The Morgan fingerprint density at radius 2 is 1.50 bits per heavy atom. The van der Waals surface area contributed by atoms with Crippen molar-refractivity contribution in [2.45, 2.75) is 57.5 Å². The monoisotopic (exact) mass is 467 g/mol. The molecular formula is C27H41N5O2. The van der Waals surface area contributed by atoms with Crippen LogP contribution in [0.2, 0.25) is 0 Å². The number of piperidine rings is 1. The molecule has 3 saturated heterocycles. The van der Waals surface area contributed by atoms with Gasteiger partial charge in [0.2, 0.25) is 5.91 Å². The molecule has 1 aliphatic carbocycles. The highest BCUT2D eigenvalue weighted by atomic mass is 16.2. The number of carbonyl (C=O) groups excluding carboxylic acids is 2. The Hall–Kier alpha value is -2.12. The van der Waals surface area contributed by atoms with Gasteiger partial charge < -0.3 is 14.7 Å². The number of hydrogen-bond donors (Lipinski definition) is 0. The molecule has 5 rings (SSSR count). The first-order chi connectivity index (χ1) is 16.6. The van der Waals surface area contributed by atoms with Gasteiger partial charge in [0.25, 0.3) is 5.91 Å². The largest absolute Gasteiger partial charge is 0.369 e. The van der Waals surface area contributed by atoms with Crippen molar-refractivity contribution < 1.29 is 9.59 Å². The van der Waals surface area contributed by atoms with Crippen LogP contribution in [0.25, 0.3) is 0 Å². The topological polar surface area (TPSA) is 50.3 Å². The summed E-state index contributed by atoms with van der Waals surface area (Å²) in [5, 5.41) is 0. The number of amides is 2. The third kappa shape index (κ3) is 5.25. The number of anilines is 1. The number of piperazine rings is 2. The Bertz CT molecular complexity index is 839. The molecule has 7 nitrogen and oxygen atoms in total. The van der Waals surface area contributed by atoms with Gasteiger partial charge in [0.1, 0.15) is 0 Å². The van der Waals surface area contributed by atoms with Gasteiger partial charge in [-0.1, -0.05) is 6.42 Å². The molecule has 3 aliphatic heterocycles. The fourth-order valence-electron chi connectivity index (χ4n) is 5.92. The van der Waals surface area contributed by atoms with Gasteiger partial charge in [-0.05, 0) is 63.3 Å². The highest BCUT2D eigenvalue weighted by Gasteiger charge is 2.30. The molecule has 4 aliphatic rings. The molecule has 0 bridgehead atoms. The van der Waals surface area contributed by atoms with Crippen molar-refractivity contribution in [1.29, 1.82) is 0 Å². The van der Waals surface area contributed by atoms with E-state index >= 15 is 0 Å². The Balaban J connectivity index is 1.06. The molecule has 1 aromatic rings. The summed E-state index contributed by atoms with van der Waals surface area (Å²) in [6.07, 6.45) is 7.49. The van der Waals surface area contributed by atoms with E-state index in [9.17, 15) is 9.59 Å². The van der Waals surface area contributed by atoms with Gasteiger partial charge in [-0.25, -0.2) is 0 Å². The first kappa shape index (κ1) is 23.6. The number of likely N-dealkylation sites (tertiary alicyclic amines) is 1. The lowest BCUT2D eigenvalue weighted by atomic mass is 9.91. The van der Waals surface area contributed by atoms with E-state index in [1.807, 2.05) is 17.0 Å². The number of nitrogens with zero attached hydrogens (tertiary/aromatic N) is 5. The summed E-state index contributed by atoms with van der Waals surface area (Å²) in [6.45, 7) is 11.1. The summed E-state index contributed by atoms with van der Waals surface area (Å²) < 4.78 is 0. The second kappa shape index (κ2) is 10.6. The van der Waals surface area contributed by atoms with Crippen molar-refractivity contribution in [1.82, 2.24) is 19.6 Å². The number of hydrogen-bond acceptors (Lipinski definition) is 5. The third-order valence-electron chi connectivity index (χ3n) is 8.53. The molecular weight excluding hydrogens is 426 g/mol. The zero-order chi connectivity index (χ0) is 23.5. The van der Waals surface area contributed by atoms with Crippen molar-refractivity contribution in [3.05, 3.63) is 29.8 Å². The molecule has 7 heteroatoms. The minimum Gasteiger partial charge on any atom is -0.369 e. The Kier molecular flexibility index (Phi) is 7.40. The van der Waals surface area contributed by atoms with Gasteiger partial charge in [-0.2, -0.15) is 0 Å². The van der Waals surface area contributed by atoms with E-state index in [0.717, 1.165) is 83.3 Å². The van der Waals surface area contributed by atoms with Crippen molar-refractivity contribution in [2.24, 2.45) is 0 Å². The predicted octanol–water partition coefficient (Wildman–Crippen LogP) is 2.52. The molecule has 1 atom stereocenters. The third-order valence-corrected chi connectivity index (χ3v) is 8.53. The van der Waals surface area contributed by atoms with E-state index in [0.29, 0.717) is 12.6 Å². The highest BCUT2D eigenvalue weighted by Crippen LogP contribution is 2.26. The molecule has 0 spiro atoms. The normalized spacial score (nSPS) is 25.3. The maximum Gasteiger partial charge on any atom is 0.254 e. The summed E-state index contributed by atoms with van der Waals surface area (Å²) in [4.78, 5) is 37.1. The first-order valence-electron chi connectivity index (χ1n) is 13.5. The lowest BCUT2D eigenvalue weighted by molar-refractivity contribution is -0.134. The van der Waals surface area contributed by atoms with Crippen LogP contribution >= 0.6 is 0 Å². The molecule has 34 heavy (non-hydrogen) atoms. The Morgan fingerprint density at radius 1 is 0.794 bits per heavy atom. The molecule has 4 fully saturated rings. The molecule has 1 saturated carbocycles. The van der Waals surface area contributed by atoms with E-state index in [-0.39, 0.29) is 11.8 Å². The molecule has 1 aromatic carbocycles. The second-order valence-electron chi connectivity index (χ2n) is 10.7. The van der Waals surface area contributed by atoms with Gasteiger partial charge >= 0.3 is 0 Å². The molecule has 186 valence electrons. The SMILES string of the molecule is CC1CCCCN1C(=O)c1ccc(N2CCN(CC(=O)N3CCN(C4CCC4)CC3)CC2)cc1. The lowest BCUT2D eigenvalue weighted by Crippen LogP contribution is -2.56. The number of benzene rings is 1. The first-order valence-corrected chi connectivity index (χ1v) is 13.5. The van der Waals surface area contributed by atoms with Crippen LogP contribution in [-0.4, -0.2) is 109 Å². The van der Waals surface area contributed by atoms with Gasteiger partial charge in [-0.3, -0.25) is 19.4 Å². The maximum absolute atomic E-state index is 12.9. The Morgan fingerprint density at radius 3 is 2.12 bits per heavy atom. The zero-order valence-electron chi connectivity index (χ0n) is 20.8. The van der Waals surface area contributed by atoms with Crippen molar-refractivity contribution in [2.75, 3.05) is 70.3 Å². The molecule has 0 radical (unpaired) electrons. The summed E-state index contributed by atoms with van der Waals surface area (Å²) in [5.74, 6) is 0.451. The van der Waals surface area contributed by atoms with Crippen LogP contribution in [0.5, 0.6) is 0 Å². The van der Waals surface area contributed by atoms with E-state index in [4.69, 9.17) is 0 Å².